The Hall–Kier alpha value is -1.33. The Kier molecular flexibility index (Phi) is 3.58. The Morgan fingerprint density at radius 1 is 1.50 bits per heavy atom. The van der Waals surface area contributed by atoms with Crippen LogP contribution < -0.4 is 0 Å². The summed E-state index contributed by atoms with van der Waals surface area (Å²) >= 11 is 0. The van der Waals surface area contributed by atoms with Gasteiger partial charge in [0.1, 0.15) is 11.8 Å². The molecule has 2 heterocycles. The van der Waals surface area contributed by atoms with Gasteiger partial charge in [0.2, 0.25) is 0 Å². The van der Waals surface area contributed by atoms with E-state index in [1.807, 2.05) is 12.3 Å². The highest BCUT2D eigenvalue weighted by Gasteiger charge is 2.11. The van der Waals surface area contributed by atoms with Crippen molar-refractivity contribution in [2.45, 2.75) is 38.7 Å². The highest BCUT2D eigenvalue weighted by Crippen LogP contribution is 2.14. The van der Waals surface area contributed by atoms with Crippen molar-refractivity contribution in [1.29, 1.82) is 0 Å². The number of rotatable bonds is 1. The molecule has 0 amide bonds. The van der Waals surface area contributed by atoms with Gasteiger partial charge in [-0.1, -0.05) is 19.8 Å². The van der Waals surface area contributed by atoms with Gasteiger partial charge >= 0.3 is 0 Å². The van der Waals surface area contributed by atoms with Crippen LogP contribution >= 0.6 is 0 Å². The van der Waals surface area contributed by atoms with Crippen LogP contribution in [0.2, 0.25) is 0 Å². The second kappa shape index (κ2) is 5.14. The maximum absolute atomic E-state index is 5.45. The maximum atomic E-state index is 5.45. The predicted molar refractivity (Wildman–Crippen MR) is 64.2 cm³/mol. The summed E-state index contributed by atoms with van der Waals surface area (Å²) < 4.78 is 5.45. The molecule has 0 aliphatic carbocycles. The van der Waals surface area contributed by atoms with E-state index in [-0.39, 0.29) is 6.10 Å². The van der Waals surface area contributed by atoms with Gasteiger partial charge in [0.15, 0.2) is 0 Å². The number of hydrogen-bond acceptors (Lipinski definition) is 2. The predicted octanol–water partition coefficient (Wildman–Crippen LogP) is 2.74. The van der Waals surface area contributed by atoms with Crippen LogP contribution in [0.25, 0.3) is 0 Å². The van der Waals surface area contributed by atoms with Gasteiger partial charge in [-0.25, -0.2) is 4.98 Å². The minimum absolute atomic E-state index is 0.115. The molecule has 16 heavy (non-hydrogen) atoms. The van der Waals surface area contributed by atoms with Crippen molar-refractivity contribution in [1.82, 2.24) is 4.98 Å². The van der Waals surface area contributed by atoms with E-state index in [2.05, 4.69) is 36.7 Å². The fourth-order valence-electron chi connectivity index (χ4n) is 1.72. The van der Waals surface area contributed by atoms with Gasteiger partial charge in [-0.05, 0) is 42.4 Å². The molecule has 0 bridgehead atoms. The molecule has 1 fully saturated rings. The van der Waals surface area contributed by atoms with Crippen molar-refractivity contribution in [3.05, 3.63) is 29.6 Å². The molecule has 0 spiro atoms. The van der Waals surface area contributed by atoms with E-state index in [4.69, 9.17) is 4.74 Å². The van der Waals surface area contributed by atoms with Crippen LogP contribution in [0.4, 0.5) is 0 Å². The summed E-state index contributed by atoms with van der Waals surface area (Å²) in [7, 11) is 0. The second-order valence-corrected chi connectivity index (χ2v) is 4.40. The van der Waals surface area contributed by atoms with E-state index in [0.29, 0.717) is 5.92 Å². The lowest BCUT2D eigenvalue weighted by molar-refractivity contribution is 0.152. The Balaban J connectivity index is 2.11. The van der Waals surface area contributed by atoms with Gasteiger partial charge < -0.3 is 4.74 Å². The molecule has 1 aliphatic heterocycles. The zero-order valence-corrected chi connectivity index (χ0v) is 9.86. The molecule has 2 heteroatoms. The van der Waals surface area contributed by atoms with Gasteiger partial charge in [-0.3, -0.25) is 0 Å². The smallest absolute Gasteiger partial charge is 0.118 e. The Morgan fingerprint density at radius 3 is 3.06 bits per heavy atom. The Bertz CT molecular complexity index is 408. The first-order valence-corrected chi connectivity index (χ1v) is 5.85. The lowest BCUT2D eigenvalue weighted by atomic mass is 10.0. The van der Waals surface area contributed by atoms with E-state index in [0.717, 1.165) is 25.1 Å². The number of hydrogen-bond donors (Lipinski definition) is 0. The quantitative estimate of drug-likeness (QED) is 0.672. The molecule has 0 aromatic carbocycles. The van der Waals surface area contributed by atoms with Gasteiger partial charge in [-0.15, -0.1) is 0 Å². The summed E-state index contributed by atoms with van der Waals surface area (Å²) in [5.74, 6) is 6.74. The Morgan fingerprint density at radius 2 is 2.38 bits per heavy atom. The van der Waals surface area contributed by atoms with Crippen LogP contribution in [-0.2, 0) is 4.74 Å². The summed E-state index contributed by atoms with van der Waals surface area (Å²) in [6.07, 6.45) is 4.12. The molecule has 1 aliphatic rings. The van der Waals surface area contributed by atoms with E-state index >= 15 is 0 Å². The molecule has 1 saturated heterocycles. The minimum atomic E-state index is 0.115. The third kappa shape index (κ3) is 2.84. The second-order valence-electron chi connectivity index (χ2n) is 4.40. The van der Waals surface area contributed by atoms with Crippen LogP contribution in [0.5, 0.6) is 0 Å². The highest BCUT2D eigenvalue weighted by molar-refractivity contribution is 5.32. The van der Waals surface area contributed by atoms with Crippen LogP contribution in [-0.4, -0.2) is 17.7 Å². The largest absolute Gasteiger partial charge is 0.366 e. The molecule has 2 rings (SSSR count). The average molecular weight is 215 g/mol. The lowest BCUT2D eigenvalue weighted by Gasteiger charge is -2.04. The van der Waals surface area contributed by atoms with Crippen LogP contribution in [0.15, 0.2) is 18.3 Å². The van der Waals surface area contributed by atoms with E-state index in [9.17, 15) is 0 Å². The van der Waals surface area contributed by atoms with E-state index in [1.165, 1.54) is 5.56 Å². The van der Waals surface area contributed by atoms with Gasteiger partial charge in [0, 0.05) is 12.8 Å². The van der Waals surface area contributed by atoms with Gasteiger partial charge in [0.05, 0.1) is 0 Å². The normalized spacial score (nSPS) is 19.6. The van der Waals surface area contributed by atoms with Crippen molar-refractivity contribution < 1.29 is 4.74 Å². The molecule has 0 N–H and O–H groups in total. The number of ether oxygens (including phenoxy) is 1. The van der Waals surface area contributed by atoms with Crippen molar-refractivity contribution >= 4 is 0 Å². The van der Waals surface area contributed by atoms with Crippen molar-refractivity contribution in [2.75, 3.05) is 6.61 Å². The number of pyridine rings is 1. The first-order chi connectivity index (χ1) is 7.75. The first kappa shape index (κ1) is 11.2. The third-order valence-electron chi connectivity index (χ3n) is 2.74. The highest BCUT2D eigenvalue weighted by atomic mass is 16.5. The van der Waals surface area contributed by atoms with Crippen molar-refractivity contribution in [3.8, 4) is 11.8 Å². The minimum Gasteiger partial charge on any atom is -0.366 e. The van der Waals surface area contributed by atoms with Crippen molar-refractivity contribution in [3.63, 3.8) is 0 Å². The van der Waals surface area contributed by atoms with Gasteiger partial charge in [0.25, 0.3) is 0 Å². The molecule has 84 valence electrons. The van der Waals surface area contributed by atoms with Crippen molar-refractivity contribution in [2.24, 2.45) is 0 Å². The van der Waals surface area contributed by atoms with Crippen LogP contribution in [0.3, 0.4) is 0 Å². The topological polar surface area (TPSA) is 22.1 Å². The number of nitrogens with zero attached hydrogens (tertiary/aromatic N) is 1. The summed E-state index contributed by atoms with van der Waals surface area (Å²) in [6.45, 7) is 5.19. The third-order valence-corrected chi connectivity index (χ3v) is 2.74. The summed E-state index contributed by atoms with van der Waals surface area (Å²) in [5.41, 5.74) is 2.13. The molecule has 0 saturated carbocycles. The molecular formula is C14H17NO. The molecular weight excluding hydrogens is 198 g/mol. The molecule has 0 radical (unpaired) electrons. The monoisotopic (exact) mass is 215 g/mol. The molecule has 1 aromatic rings. The molecule has 1 unspecified atom stereocenters. The van der Waals surface area contributed by atoms with Crippen LogP contribution in [0.1, 0.15) is 43.9 Å². The fourth-order valence-corrected chi connectivity index (χ4v) is 1.72. The SMILES string of the molecule is CC(C)c1ccnc(C#CC2CCCO2)c1. The van der Waals surface area contributed by atoms with Gasteiger partial charge in [-0.2, -0.15) is 0 Å². The first-order valence-electron chi connectivity index (χ1n) is 5.85. The zero-order chi connectivity index (χ0) is 11.4. The Labute approximate surface area is 97.0 Å². The number of aromatic nitrogens is 1. The summed E-state index contributed by atoms with van der Waals surface area (Å²) in [5, 5.41) is 0. The standard InChI is InChI=1S/C14H17NO/c1-11(2)12-7-8-15-13(10-12)5-6-14-4-3-9-16-14/h7-8,10-11,14H,3-4,9H2,1-2H3. The fraction of sp³-hybridized carbons (Fsp3) is 0.500. The van der Waals surface area contributed by atoms with E-state index < -0.39 is 0 Å². The summed E-state index contributed by atoms with van der Waals surface area (Å²) in [6, 6.07) is 4.11. The average Bonchev–Trinajstić information content (AvgIpc) is 2.79. The summed E-state index contributed by atoms with van der Waals surface area (Å²) in [4.78, 5) is 4.25. The van der Waals surface area contributed by atoms with Crippen LogP contribution in [0, 0.1) is 11.8 Å². The molecule has 1 atom stereocenters. The lowest BCUT2D eigenvalue weighted by Crippen LogP contribution is -2.00. The molecule has 1 aromatic heterocycles. The molecule has 2 nitrogen and oxygen atoms in total. The van der Waals surface area contributed by atoms with E-state index in [1.54, 1.807) is 0 Å². The zero-order valence-electron chi connectivity index (χ0n) is 9.86. The maximum Gasteiger partial charge on any atom is 0.118 e.